The minimum atomic E-state index is -4.46. The van der Waals surface area contributed by atoms with Gasteiger partial charge in [0.15, 0.2) is 0 Å². The van der Waals surface area contributed by atoms with Crippen LogP contribution in [0.3, 0.4) is 0 Å². The van der Waals surface area contributed by atoms with Gasteiger partial charge in [0.1, 0.15) is 0 Å². The molecule has 3 aromatic rings. The van der Waals surface area contributed by atoms with Crippen molar-refractivity contribution < 1.29 is 27.6 Å². The Morgan fingerprint density at radius 1 is 1.08 bits per heavy atom. The summed E-state index contributed by atoms with van der Waals surface area (Å²) in [5.74, 6) is -0.721. The molecule has 2 aliphatic heterocycles. The number of carboxylic acid groups (broad SMARTS) is 1. The first kappa shape index (κ1) is 24.9. The molecule has 2 aromatic carbocycles. The lowest BCUT2D eigenvalue weighted by Gasteiger charge is -2.36. The zero-order valence-corrected chi connectivity index (χ0v) is 20.9. The molecule has 0 unspecified atom stereocenters. The summed E-state index contributed by atoms with van der Waals surface area (Å²) in [5.41, 5.74) is 3.19. The number of aromatic nitrogens is 2. The first-order valence-electron chi connectivity index (χ1n) is 13.2. The number of hydrogen-bond donors (Lipinski definition) is 1. The number of likely N-dealkylation sites (tertiary alicyclic amines) is 1. The molecule has 7 nitrogen and oxygen atoms in total. The molecule has 6 rings (SSSR count). The second kappa shape index (κ2) is 9.72. The van der Waals surface area contributed by atoms with Crippen molar-refractivity contribution in [2.75, 3.05) is 24.5 Å². The van der Waals surface area contributed by atoms with Crippen LogP contribution >= 0.6 is 0 Å². The molecule has 0 atom stereocenters. The Hall–Kier alpha value is -3.40. The maximum Gasteiger partial charge on any atom is 0.416 e. The number of nitrogens with zero attached hydrogens (tertiary/aromatic N) is 4. The molecule has 200 valence electrons. The highest BCUT2D eigenvalue weighted by Gasteiger charge is 2.37. The molecule has 0 amide bonds. The summed E-state index contributed by atoms with van der Waals surface area (Å²) < 4.78 is 47.4. The van der Waals surface area contributed by atoms with E-state index >= 15 is 0 Å². The summed E-state index contributed by atoms with van der Waals surface area (Å²) in [6.45, 7) is 2.45. The van der Waals surface area contributed by atoms with Gasteiger partial charge in [-0.2, -0.15) is 18.2 Å². The van der Waals surface area contributed by atoms with Crippen molar-refractivity contribution in [3.8, 4) is 11.5 Å². The molecule has 0 bridgehead atoms. The number of carboxylic acids is 1. The molecular formula is C28H29F3N4O3. The molecule has 1 saturated carbocycles. The van der Waals surface area contributed by atoms with Gasteiger partial charge in [-0.05, 0) is 65.2 Å². The minimum Gasteiger partial charge on any atom is -0.481 e. The van der Waals surface area contributed by atoms with Crippen LogP contribution in [0.2, 0.25) is 0 Å². The van der Waals surface area contributed by atoms with E-state index < -0.39 is 17.7 Å². The van der Waals surface area contributed by atoms with Gasteiger partial charge in [0.05, 0.1) is 11.5 Å². The molecule has 38 heavy (non-hydrogen) atoms. The smallest absolute Gasteiger partial charge is 0.416 e. The number of hydrogen-bond acceptors (Lipinski definition) is 6. The van der Waals surface area contributed by atoms with Crippen LogP contribution in [0.25, 0.3) is 11.5 Å². The first-order chi connectivity index (χ1) is 18.3. The lowest BCUT2D eigenvalue weighted by Crippen LogP contribution is -2.49. The van der Waals surface area contributed by atoms with Crippen LogP contribution in [0, 0.1) is 5.92 Å². The number of carbonyl (C=O) groups is 1. The molecule has 1 aromatic heterocycles. The highest BCUT2D eigenvalue weighted by atomic mass is 19.4. The second-order valence-corrected chi connectivity index (χ2v) is 10.6. The molecule has 1 N–H and O–H groups in total. The molecule has 1 saturated heterocycles. The van der Waals surface area contributed by atoms with E-state index in [4.69, 9.17) is 9.63 Å². The van der Waals surface area contributed by atoms with Crippen LogP contribution in [0.1, 0.15) is 60.3 Å². The van der Waals surface area contributed by atoms with Crippen molar-refractivity contribution >= 4 is 17.6 Å². The number of fused-ring (bicyclic) bond motifs is 1. The van der Waals surface area contributed by atoms with E-state index in [0.29, 0.717) is 37.7 Å². The standard InChI is InChI=1S/C28H29F3N4O3/c29-28(30,31)23-13-20(7-8-22(23)18-4-2-1-3-5-18)25-32-27(33-38-25)35-11-10-19-12-17(6-9-24(19)35)14-34-15-21(16-34)26(36)37/h6-9,12-13,18,21H,1-5,10-11,14-16H2,(H,36,37). The van der Waals surface area contributed by atoms with E-state index in [9.17, 15) is 18.0 Å². The normalized spacial score (nSPS) is 19.0. The first-order valence-corrected chi connectivity index (χ1v) is 13.2. The summed E-state index contributed by atoms with van der Waals surface area (Å²) in [5, 5.41) is 13.2. The van der Waals surface area contributed by atoms with Crippen LogP contribution in [0.5, 0.6) is 0 Å². The van der Waals surface area contributed by atoms with E-state index in [0.717, 1.165) is 61.4 Å². The van der Waals surface area contributed by atoms with Crippen molar-refractivity contribution in [3.05, 3.63) is 58.7 Å². The van der Waals surface area contributed by atoms with Gasteiger partial charge in [0, 0.05) is 37.4 Å². The molecule has 3 heterocycles. The topological polar surface area (TPSA) is 82.7 Å². The third-order valence-corrected chi connectivity index (χ3v) is 8.06. The van der Waals surface area contributed by atoms with Gasteiger partial charge >= 0.3 is 12.1 Å². The van der Waals surface area contributed by atoms with Crippen LogP contribution in [0.4, 0.5) is 24.8 Å². The fourth-order valence-electron chi connectivity index (χ4n) is 6.02. The van der Waals surface area contributed by atoms with Crippen molar-refractivity contribution in [3.63, 3.8) is 0 Å². The quantitative estimate of drug-likeness (QED) is 0.421. The number of alkyl halides is 3. The van der Waals surface area contributed by atoms with Gasteiger partial charge in [0.2, 0.25) is 0 Å². The Morgan fingerprint density at radius 2 is 1.87 bits per heavy atom. The molecular weight excluding hydrogens is 497 g/mol. The average Bonchev–Trinajstić information content (AvgIpc) is 3.52. The number of anilines is 2. The molecule has 2 fully saturated rings. The maximum absolute atomic E-state index is 14.0. The average molecular weight is 527 g/mol. The Kier molecular flexibility index (Phi) is 6.37. The number of rotatable bonds is 6. The molecule has 3 aliphatic rings. The number of benzene rings is 2. The summed E-state index contributed by atoms with van der Waals surface area (Å²) in [4.78, 5) is 19.5. The van der Waals surface area contributed by atoms with Crippen LogP contribution in [-0.4, -0.2) is 45.8 Å². The Labute approximate surface area is 218 Å². The summed E-state index contributed by atoms with van der Waals surface area (Å²) in [6.07, 6.45) is 0.875. The van der Waals surface area contributed by atoms with E-state index in [1.54, 1.807) is 12.1 Å². The van der Waals surface area contributed by atoms with Gasteiger partial charge in [-0.25, -0.2) is 0 Å². The summed E-state index contributed by atoms with van der Waals surface area (Å²) in [6, 6.07) is 10.5. The Bertz CT molecular complexity index is 1340. The van der Waals surface area contributed by atoms with Crippen molar-refractivity contribution in [1.29, 1.82) is 0 Å². The van der Waals surface area contributed by atoms with Crippen molar-refractivity contribution in [2.24, 2.45) is 5.92 Å². The molecule has 1 aliphatic carbocycles. The predicted octanol–water partition coefficient (Wildman–Crippen LogP) is 6.01. The zero-order chi connectivity index (χ0) is 26.4. The van der Waals surface area contributed by atoms with Gasteiger partial charge in [-0.3, -0.25) is 9.69 Å². The summed E-state index contributed by atoms with van der Waals surface area (Å²) in [7, 11) is 0. The minimum absolute atomic E-state index is 0.0662. The summed E-state index contributed by atoms with van der Waals surface area (Å²) >= 11 is 0. The van der Waals surface area contributed by atoms with E-state index in [1.165, 1.54) is 0 Å². The molecule has 0 radical (unpaired) electrons. The Balaban J connectivity index is 1.20. The largest absolute Gasteiger partial charge is 0.481 e. The van der Waals surface area contributed by atoms with Crippen molar-refractivity contribution in [1.82, 2.24) is 15.0 Å². The third kappa shape index (κ3) is 4.77. The van der Waals surface area contributed by atoms with Gasteiger partial charge in [-0.1, -0.05) is 37.5 Å². The fourth-order valence-corrected chi connectivity index (χ4v) is 6.02. The highest BCUT2D eigenvalue weighted by Crippen LogP contribution is 2.42. The third-order valence-electron chi connectivity index (χ3n) is 8.06. The zero-order valence-electron chi connectivity index (χ0n) is 20.9. The highest BCUT2D eigenvalue weighted by molar-refractivity contribution is 5.71. The number of aliphatic carboxylic acids is 1. The fraction of sp³-hybridized carbons (Fsp3) is 0.464. The maximum atomic E-state index is 14.0. The van der Waals surface area contributed by atoms with E-state index in [2.05, 4.69) is 21.1 Å². The Morgan fingerprint density at radius 3 is 2.61 bits per heavy atom. The van der Waals surface area contributed by atoms with Gasteiger partial charge < -0.3 is 14.5 Å². The monoisotopic (exact) mass is 526 g/mol. The van der Waals surface area contributed by atoms with Crippen LogP contribution < -0.4 is 4.90 Å². The van der Waals surface area contributed by atoms with Gasteiger partial charge in [0.25, 0.3) is 11.8 Å². The second-order valence-electron chi connectivity index (χ2n) is 10.6. The van der Waals surface area contributed by atoms with Crippen molar-refractivity contribution in [2.45, 2.75) is 57.2 Å². The lowest BCUT2D eigenvalue weighted by atomic mass is 9.81. The van der Waals surface area contributed by atoms with E-state index in [-0.39, 0.29) is 23.3 Å². The predicted molar refractivity (Wildman–Crippen MR) is 134 cm³/mol. The van der Waals surface area contributed by atoms with E-state index in [1.807, 2.05) is 17.0 Å². The lowest BCUT2D eigenvalue weighted by molar-refractivity contribution is -0.147. The van der Waals surface area contributed by atoms with Crippen LogP contribution in [0.15, 0.2) is 40.9 Å². The molecule has 0 spiro atoms. The molecule has 10 heteroatoms. The number of halogens is 3. The van der Waals surface area contributed by atoms with Crippen LogP contribution in [-0.2, 0) is 23.9 Å². The SMILES string of the molecule is O=C(O)C1CN(Cc2ccc3c(c2)CCN3c2noc(-c3ccc(C4CCCCC4)c(C(F)(F)F)c3)n2)C1. The van der Waals surface area contributed by atoms with Gasteiger partial charge in [-0.15, -0.1) is 0 Å².